The number of hydrogen-bond acceptors (Lipinski definition) is 5. The van der Waals surface area contributed by atoms with Crippen molar-refractivity contribution >= 4 is 11.7 Å². The Morgan fingerprint density at radius 2 is 1.93 bits per heavy atom. The average molecular weight is 416 g/mol. The van der Waals surface area contributed by atoms with Gasteiger partial charge in [0, 0.05) is 31.7 Å². The Morgan fingerprint density at radius 1 is 1.20 bits per heavy atom. The summed E-state index contributed by atoms with van der Waals surface area (Å²) >= 11 is 0. The second-order valence-corrected chi connectivity index (χ2v) is 7.60. The van der Waals surface area contributed by atoms with E-state index in [1.807, 2.05) is 59.0 Å². The smallest absolute Gasteiger partial charge is 0.223 e. The van der Waals surface area contributed by atoms with E-state index >= 15 is 0 Å². The molecular weight excluding hydrogens is 378 g/mol. The van der Waals surface area contributed by atoms with Crippen LogP contribution in [-0.4, -0.2) is 49.5 Å². The number of nitrogens with zero attached hydrogens (tertiary/aromatic N) is 2. The van der Waals surface area contributed by atoms with Crippen LogP contribution in [0.4, 0.5) is 5.82 Å². The van der Waals surface area contributed by atoms with Crippen molar-refractivity contribution in [1.82, 2.24) is 10.3 Å². The molecule has 166 valence electrons. The lowest BCUT2D eigenvalue weighted by Gasteiger charge is -2.32. The van der Waals surface area contributed by atoms with E-state index in [-0.39, 0.29) is 30.8 Å². The third-order valence-electron chi connectivity index (χ3n) is 5.42. The van der Waals surface area contributed by atoms with E-state index in [1.54, 1.807) is 0 Å². The number of piperidine rings is 1. The molecule has 3 heterocycles. The van der Waals surface area contributed by atoms with Crippen LogP contribution in [0.25, 0.3) is 0 Å². The fourth-order valence-electron chi connectivity index (χ4n) is 3.44. The monoisotopic (exact) mass is 415 g/mol. The van der Waals surface area contributed by atoms with Gasteiger partial charge < -0.3 is 19.7 Å². The van der Waals surface area contributed by atoms with Gasteiger partial charge in [0.2, 0.25) is 5.91 Å². The minimum Gasteiger partial charge on any atom is -0.357 e. The Labute approximate surface area is 181 Å². The van der Waals surface area contributed by atoms with Crippen LogP contribution in [0, 0.1) is 12.8 Å². The topological polar surface area (TPSA) is 63.7 Å². The number of aryl methyl sites for hydroxylation is 1. The van der Waals surface area contributed by atoms with Crippen molar-refractivity contribution < 1.29 is 14.3 Å². The number of anilines is 1. The van der Waals surface area contributed by atoms with E-state index in [0.29, 0.717) is 6.54 Å². The quantitative estimate of drug-likeness (QED) is 0.805. The largest absolute Gasteiger partial charge is 0.357 e. The second kappa shape index (κ2) is 12.5. The summed E-state index contributed by atoms with van der Waals surface area (Å²) in [7, 11) is 0. The zero-order valence-electron chi connectivity index (χ0n) is 19.1. The summed E-state index contributed by atoms with van der Waals surface area (Å²) in [5.41, 5.74) is 2.20. The standard InChI is InChI=1S/C22H31N3O3.C2H6/c1-16-7-8-21(23-13-16)25-11-9-19(10-12-25)22(26)24-14-20-6-4-5-17(2)27-15-28-18(20)3;1-2/h4-8,13,17-19H,9-12,14-15H2,1-3H3,(H,24,26);1-2H3/b5-4-,20-6-;. The molecule has 1 saturated heterocycles. The summed E-state index contributed by atoms with van der Waals surface area (Å²) in [6.07, 6.45) is 9.48. The van der Waals surface area contributed by atoms with E-state index in [1.165, 1.54) is 0 Å². The molecular formula is C24H37N3O3. The van der Waals surface area contributed by atoms with Gasteiger partial charge in [-0.15, -0.1) is 0 Å². The summed E-state index contributed by atoms with van der Waals surface area (Å²) in [5, 5.41) is 3.10. The molecule has 1 aromatic rings. The van der Waals surface area contributed by atoms with Gasteiger partial charge in [-0.3, -0.25) is 4.79 Å². The fraction of sp³-hybridized carbons (Fsp3) is 0.583. The first-order valence-electron chi connectivity index (χ1n) is 11.1. The van der Waals surface area contributed by atoms with Gasteiger partial charge in [-0.1, -0.05) is 38.1 Å². The van der Waals surface area contributed by atoms with Crippen LogP contribution in [0.5, 0.6) is 0 Å². The molecule has 0 radical (unpaired) electrons. The summed E-state index contributed by atoms with van der Waals surface area (Å²) in [6, 6.07) is 4.13. The average Bonchev–Trinajstić information content (AvgIpc) is 2.85. The zero-order chi connectivity index (χ0) is 21.9. The van der Waals surface area contributed by atoms with Crippen molar-refractivity contribution in [2.75, 3.05) is 31.3 Å². The van der Waals surface area contributed by atoms with Crippen LogP contribution in [0.15, 0.2) is 42.1 Å². The van der Waals surface area contributed by atoms with Crippen molar-refractivity contribution in [2.24, 2.45) is 5.92 Å². The van der Waals surface area contributed by atoms with Gasteiger partial charge in [-0.2, -0.15) is 0 Å². The molecule has 1 fully saturated rings. The summed E-state index contributed by atoms with van der Waals surface area (Å²) in [5.74, 6) is 1.17. The minimum absolute atomic E-state index is 0.0191. The number of pyridine rings is 1. The molecule has 2 aliphatic heterocycles. The van der Waals surface area contributed by atoms with Crippen molar-refractivity contribution in [3.8, 4) is 0 Å². The number of ether oxygens (including phenoxy) is 2. The molecule has 0 bridgehead atoms. The Hall–Kier alpha value is -2.18. The van der Waals surface area contributed by atoms with Gasteiger partial charge in [0.15, 0.2) is 0 Å². The Balaban J connectivity index is 0.00000155. The lowest BCUT2D eigenvalue weighted by Crippen LogP contribution is -2.41. The zero-order valence-corrected chi connectivity index (χ0v) is 19.1. The molecule has 1 N–H and O–H groups in total. The predicted molar refractivity (Wildman–Crippen MR) is 121 cm³/mol. The first kappa shape index (κ1) is 24.1. The molecule has 2 aliphatic rings. The van der Waals surface area contributed by atoms with Crippen LogP contribution >= 0.6 is 0 Å². The molecule has 0 aromatic carbocycles. The van der Waals surface area contributed by atoms with Gasteiger partial charge in [0.1, 0.15) is 12.6 Å². The molecule has 0 aliphatic carbocycles. The molecule has 1 aromatic heterocycles. The van der Waals surface area contributed by atoms with E-state index in [9.17, 15) is 4.79 Å². The molecule has 6 heteroatoms. The highest BCUT2D eigenvalue weighted by atomic mass is 16.7. The highest BCUT2D eigenvalue weighted by Crippen LogP contribution is 2.22. The predicted octanol–water partition coefficient (Wildman–Crippen LogP) is 4.01. The number of carbonyl (C=O) groups excluding carboxylic acids is 1. The molecule has 3 rings (SSSR count). The fourth-order valence-corrected chi connectivity index (χ4v) is 3.44. The van der Waals surface area contributed by atoms with Gasteiger partial charge in [-0.25, -0.2) is 4.98 Å². The molecule has 1 amide bonds. The van der Waals surface area contributed by atoms with Crippen LogP contribution in [0.2, 0.25) is 0 Å². The maximum Gasteiger partial charge on any atom is 0.223 e. The number of rotatable bonds is 4. The van der Waals surface area contributed by atoms with E-state index < -0.39 is 0 Å². The lowest BCUT2D eigenvalue weighted by atomic mass is 9.95. The highest BCUT2D eigenvalue weighted by Gasteiger charge is 2.26. The minimum atomic E-state index is -0.0929. The maximum absolute atomic E-state index is 12.7. The molecule has 2 unspecified atom stereocenters. The molecule has 0 saturated carbocycles. The molecule has 30 heavy (non-hydrogen) atoms. The van der Waals surface area contributed by atoms with Crippen LogP contribution in [-0.2, 0) is 14.3 Å². The molecule has 2 atom stereocenters. The number of nitrogens with one attached hydrogen (secondary N) is 1. The summed E-state index contributed by atoms with van der Waals surface area (Å²) in [6.45, 7) is 12.5. The van der Waals surface area contributed by atoms with Crippen molar-refractivity contribution in [3.63, 3.8) is 0 Å². The van der Waals surface area contributed by atoms with Crippen molar-refractivity contribution in [3.05, 3.63) is 47.7 Å². The lowest BCUT2D eigenvalue weighted by molar-refractivity contribution is -0.125. The van der Waals surface area contributed by atoms with Crippen LogP contribution < -0.4 is 10.2 Å². The maximum atomic E-state index is 12.7. The van der Waals surface area contributed by atoms with E-state index in [0.717, 1.165) is 42.9 Å². The van der Waals surface area contributed by atoms with Crippen LogP contribution in [0.3, 0.4) is 0 Å². The molecule has 0 spiro atoms. The van der Waals surface area contributed by atoms with Crippen molar-refractivity contribution in [2.45, 2.75) is 59.7 Å². The van der Waals surface area contributed by atoms with E-state index in [4.69, 9.17) is 9.47 Å². The van der Waals surface area contributed by atoms with Gasteiger partial charge in [-0.05, 0) is 50.8 Å². The van der Waals surface area contributed by atoms with Gasteiger partial charge in [0.05, 0.1) is 12.2 Å². The third-order valence-corrected chi connectivity index (χ3v) is 5.42. The Bertz CT molecular complexity index is 707. The number of hydrogen-bond donors (Lipinski definition) is 1. The van der Waals surface area contributed by atoms with Gasteiger partial charge in [0.25, 0.3) is 0 Å². The van der Waals surface area contributed by atoms with Crippen molar-refractivity contribution in [1.29, 1.82) is 0 Å². The highest BCUT2D eigenvalue weighted by molar-refractivity contribution is 5.79. The summed E-state index contributed by atoms with van der Waals surface area (Å²) < 4.78 is 11.2. The van der Waals surface area contributed by atoms with Crippen LogP contribution in [0.1, 0.15) is 46.1 Å². The first-order chi connectivity index (χ1) is 14.5. The number of aromatic nitrogens is 1. The first-order valence-corrected chi connectivity index (χ1v) is 11.1. The summed E-state index contributed by atoms with van der Waals surface area (Å²) in [4.78, 5) is 19.4. The number of amides is 1. The number of allylic oxidation sites excluding steroid dienone is 2. The Kier molecular flexibility index (Phi) is 10.0. The SMILES string of the molecule is CC.Cc1ccc(N2CCC(C(=O)NC/C3=C/C=C\C(C)OCOC3C)CC2)nc1. The van der Waals surface area contributed by atoms with E-state index in [2.05, 4.69) is 27.3 Å². The normalized spacial score (nSPS) is 25.5. The number of carbonyl (C=O) groups is 1. The Morgan fingerprint density at radius 3 is 2.60 bits per heavy atom. The molecule has 6 nitrogen and oxygen atoms in total. The second-order valence-electron chi connectivity index (χ2n) is 7.60. The third kappa shape index (κ3) is 7.26. The van der Waals surface area contributed by atoms with Gasteiger partial charge >= 0.3 is 0 Å².